The predicted octanol–water partition coefficient (Wildman–Crippen LogP) is 1.41. The highest BCUT2D eigenvalue weighted by Crippen LogP contribution is 2.17. The highest BCUT2D eigenvalue weighted by Gasteiger charge is 2.15. The molecule has 3 aromatic heterocycles. The van der Waals surface area contributed by atoms with Crippen molar-refractivity contribution in [3.63, 3.8) is 0 Å². The van der Waals surface area contributed by atoms with Crippen LogP contribution in [0.5, 0.6) is 0 Å². The number of hydrogen-bond acceptors (Lipinski definition) is 6. The largest absolute Gasteiger partial charge is 0.305 e. The second-order valence-corrected chi connectivity index (χ2v) is 7.22. The Morgan fingerprint density at radius 2 is 2.14 bits per heavy atom. The number of thiophene rings is 1. The number of carbonyl (C=O) groups is 1. The summed E-state index contributed by atoms with van der Waals surface area (Å²) in [6.07, 6.45) is 1.66. The molecule has 4 aromatic rings. The minimum Gasteiger partial charge on any atom is -0.305 e. The average molecular weight is 389 g/mol. The monoisotopic (exact) mass is 389 g/mol. The molecule has 1 amide bonds. The van der Waals surface area contributed by atoms with E-state index in [1.165, 1.54) is 21.9 Å². The van der Waals surface area contributed by atoms with Gasteiger partial charge in [0.1, 0.15) is 6.07 Å². The molecule has 8 heteroatoms. The van der Waals surface area contributed by atoms with Gasteiger partial charge in [0.2, 0.25) is 5.91 Å². The Morgan fingerprint density at radius 1 is 1.32 bits per heavy atom. The number of rotatable bonds is 4. The molecule has 0 unspecified atom stereocenters. The van der Waals surface area contributed by atoms with E-state index in [0.717, 1.165) is 4.88 Å². The minimum absolute atomic E-state index is 0.224. The third-order valence-corrected chi connectivity index (χ3v) is 5.33. The van der Waals surface area contributed by atoms with Crippen LogP contribution in [-0.4, -0.2) is 15.3 Å². The second kappa shape index (κ2) is 7.13. The zero-order valence-corrected chi connectivity index (χ0v) is 15.7. The molecular formula is C20H15N5O2S. The first-order valence-electron chi connectivity index (χ1n) is 8.51. The fourth-order valence-electron chi connectivity index (χ4n) is 3.09. The molecule has 0 saturated carbocycles. The van der Waals surface area contributed by atoms with Crippen molar-refractivity contribution in [3.8, 4) is 6.07 Å². The topological polar surface area (TPSA) is 99.3 Å². The van der Waals surface area contributed by atoms with E-state index in [-0.39, 0.29) is 17.9 Å². The molecule has 0 fully saturated rings. The fraction of sp³-hybridized carbons (Fsp3) is 0.100. The number of fused-ring (bicyclic) bond motifs is 3. The van der Waals surface area contributed by atoms with Gasteiger partial charge in [-0.05, 0) is 36.1 Å². The van der Waals surface area contributed by atoms with Crippen molar-refractivity contribution >= 4 is 40.1 Å². The summed E-state index contributed by atoms with van der Waals surface area (Å²) in [6.45, 7) is 1.69. The second-order valence-electron chi connectivity index (χ2n) is 6.18. The number of nitrogens with one attached hydrogen (secondary N) is 2. The fourth-order valence-corrected chi connectivity index (χ4v) is 3.79. The summed E-state index contributed by atoms with van der Waals surface area (Å²) in [5.41, 5.74) is 7.39. The van der Waals surface area contributed by atoms with Gasteiger partial charge in [0.25, 0.3) is 5.56 Å². The molecule has 4 rings (SSSR count). The molecule has 138 valence electrons. The van der Waals surface area contributed by atoms with Crippen molar-refractivity contribution in [3.05, 3.63) is 73.4 Å². The first-order valence-corrected chi connectivity index (χ1v) is 9.39. The average Bonchev–Trinajstić information content (AvgIpc) is 3.32. The van der Waals surface area contributed by atoms with Crippen LogP contribution in [0.15, 0.2) is 46.6 Å². The van der Waals surface area contributed by atoms with Crippen molar-refractivity contribution in [2.45, 2.75) is 13.3 Å². The summed E-state index contributed by atoms with van der Waals surface area (Å²) in [4.78, 5) is 30.4. The van der Waals surface area contributed by atoms with Crippen LogP contribution < -0.4 is 21.6 Å². The number of nitrogens with zero attached hydrogens (tertiary/aromatic N) is 3. The van der Waals surface area contributed by atoms with E-state index in [2.05, 4.69) is 21.9 Å². The Bertz CT molecular complexity index is 1350. The molecule has 0 aliphatic heterocycles. The zero-order valence-electron chi connectivity index (χ0n) is 14.9. The molecular weight excluding hydrogens is 374 g/mol. The summed E-state index contributed by atoms with van der Waals surface area (Å²) < 4.78 is 1.43. The Kier molecular flexibility index (Phi) is 4.51. The molecule has 0 spiro atoms. The van der Waals surface area contributed by atoms with Gasteiger partial charge in [-0.3, -0.25) is 19.4 Å². The highest BCUT2D eigenvalue weighted by atomic mass is 32.1. The Balaban J connectivity index is 1.75. The standard InChI is InChI=1S/C20H15N5O2S/c1-12-14(10-21)19-23-16-6-2-3-7-17(16)25(19)20(27)15(12)11-22-24-18(26)9-13-5-4-8-28-13/h2-8,11,22H,9H2,1H3,(H,24,26). The van der Waals surface area contributed by atoms with Crippen LogP contribution in [0.1, 0.15) is 16.0 Å². The van der Waals surface area contributed by atoms with E-state index in [9.17, 15) is 14.9 Å². The highest BCUT2D eigenvalue weighted by molar-refractivity contribution is 7.10. The van der Waals surface area contributed by atoms with Crippen molar-refractivity contribution in [2.75, 3.05) is 0 Å². The molecule has 28 heavy (non-hydrogen) atoms. The van der Waals surface area contributed by atoms with Gasteiger partial charge < -0.3 is 5.43 Å². The quantitative estimate of drug-likeness (QED) is 0.514. The normalized spacial score (nSPS) is 11.6. The number of carbonyl (C=O) groups excluding carboxylic acids is 1. The van der Waals surface area contributed by atoms with E-state index in [1.54, 1.807) is 19.1 Å². The lowest BCUT2D eigenvalue weighted by atomic mass is 10.1. The summed E-state index contributed by atoms with van der Waals surface area (Å²) in [5, 5.41) is 11.8. The summed E-state index contributed by atoms with van der Waals surface area (Å²) in [7, 11) is 0. The van der Waals surface area contributed by atoms with Crippen LogP contribution in [0, 0.1) is 18.3 Å². The number of benzene rings is 1. The molecule has 3 heterocycles. The number of nitriles is 1. The first kappa shape index (κ1) is 17.7. The van der Waals surface area contributed by atoms with Gasteiger partial charge in [0, 0.05) is 11.1 Å². The van der Waals surface area contributed by atoms with Crippen molar-refractivity contribution < 1.29 is 4.79 Å². The lowest BCUT2D eigenvalue weighted by Gasteiger charge is -2.05. The van der Waals surface area contributed by atoms with Crippen LogP contribution in [0.2, 0.25) is 0 Å². The van der Waals surface area contributed by atoms with Crippen molar-refractivity contribution in [1.29, 1.82) is 5.26 Å². The number of para-hydroxylation sites is 2. The molecule has 0 saturated heterocycles. The number of hydrogen-bond donors (Lipinski definition) is 2. The van der Waals surface area contributed by atoms with Crippen molar-refractivity contribution in [1.82, 2.24) is 20.2 Å². The molecule has 2 N–H and O–H groups in total. The Labute approximate surface area is 163 Å². The van der Waals surface area contributed by atoms with Crippen LogP contribution >= 0.6 is 11.3 Å². The SMILES string of the molecule is Cc1c(C#N)c2nc3ccccc3n2c(=O)c1=CNNC(=O)Cc1cccs1. The van der Waals surface area contributed by atoms with Crippen LogP contribution in [-0.2, 0) is 11.2 Å². The first-order chi connectivity index (χ1) is 13.6. The number of aromatic nitrogens is 2. The minimum atomic E-state index is -0.305. The number of hydrazine groups is 1. The third-order valence-electron chi connectivity index (χ3n) is 4.45. The molecule has 7 nitrogen and oxygen atoms in total. The third kappa shape index (κ3) is 2.98. The van der Waals surface area contributed by atoms with Crippen LogP contribution in [0.4, 0.5) is 0 Å². The van der Waals surface area contributed by atoms with Gasteiger partial charge in [-0.1, -0.05) is 18.2 Å². The van der Waals surface area contributed by atoms with Crippen molar-refractivity contribution in [2.24, 2.45) is 0 Å². The molecule has 0 aliphatic carbocycles. The number of imidazole rings is 1. The molecule has 0 bridgehead atoms. The maximum atomic E-state index is 13.1. The summed E-state index contributed by atoms with van der Waals surface area (Å²) in [5.74, 6) is -0.224. The van der Waals surface area contributed by atoms with Gasteiger partial charge in [-0.2, -0.15) is 5.26 Å². The summed E-state index contributed by atoms with van der Waals surface area (Å²) in [6, 6.07) is 13.1. The maximum Gasteiger partial charge on any atom is 0.265 e. The van der Waals surface area contributed by atoms with E-state index >= 15 is 0 Å². The lowest BCUT2D eigenvalue weighted by molar-refractivity contribution is -0.120. The van der Waals surface area contributed by atoms with E-state index in [4.69, 9.17) is 0 Å². The number of pyridine rings is 1. The number of amides is 1. The molecule has 0 atom stereocenters. The molecule has 0 aliphatic rings. The van der Waals surface area contributed by atoms with Gasteiger partial charge in [0.05, 0.1) is 28.2 Å². The molecule has 1 aromatic carbocycles. The van der Waals surface area contributed by atoms with Crippen LogP contribution in [0.3, 0.4) is 0 Å². The van der Waals surface area contributed by atoms with Gasteiger partial charge >= 0.3 is 0 Å². The maximum absolute atomic E-state index is 13.1. The Morgan fingerprint density at radius 3 is 2.89 bits per heavy atom. The summed E-state index contributed by atoms with van der Waals surface area (Å²) >= 11 is 1.50. The van der Waals surface area contributed by atoms with Gasteiger partial charge in [0.15, 0.2) is 5.65 Å². The van der Waals surface area contributed by atoms with Gasteiger partial charge in [-0.15, -0.1) is 11.3 Å². The van der Waals surface area contributed by atoms with E-state index < -0.39 is 0 Å². The van der Waals surface area contributed by atoms with E-state index in [0.29, 0.717) is 33.0 Å². The lowest BCUT2D eigenvalue weighted by Crippen LogP contribution is -2.40. The smallest absolute Gasteiger partial charge is 0.265 e. The van der Waals surface area contributed by atoms with Gasteiger partial charge in [-0.25, -0.2) is 4.98 Å². The van der Waals surface area contributed by atoms with Crippen LogP contribution in [0.25, 0.3) is 22.9 Å². The zero-order chi connectivity index (χ0) is 19.7. The Hall–Kier alpha value is -3.70. The van der Waals surface area contributed by atoms with E-state index in [1.807, 2.05) is 29.6 Å². The predicted molar refractivity (Wildman–Crippen MR) is 107 cm³/mol. The molecule has 0 radical (unpaired) electrons.